The number of ketones is 1. The number of hydrogen-bond acceptors (Lipinski definition) is 3. The van der Waals surface area contributed by atoms with Gasteiger partial charge in [-0.05, 0) is 13.2 Å². The van der Waals surface area contributed by atoms with E-state index in [1.165, 1.54) is 0 Å². The van der Waals surface area contributed by atoms with Crippen molar-refractivity contribution in [2.45, 2.75) is 23.2 Å². The van der Waals surface area contributed by atoms with E-state index in [0.29, 0.717) is 10.4 Å². The summed E-state index contributed by atoms with van der Waals surface area (Å²) < 4.78 is 0.535. The Balaban J connectivity index is 2.44. The Morgan fingerprint density at radius 2 is 2.44 bits per heavy atom. The van der Waals surface area contributed by atoms with Crippen LogP contribution in [-0.2, 0) is 4.79 Å². The summed E-state index contributed by atoms with van der Waals surface area (Å²) in [5.41, 5.74) is 0. The molecule has 1 aliphatic heterocycles. The molecule has 1 rings (SSSR count). The van der Waals surface area contributed by atoms with Crippen LogP contribution >= 0.6 is 23.5 Å². The van der Waals surface area contributed by atoms with Gasteiger partial charge in [-0.15, -0.1) is 11.8 Å². The predicted molar refractivity (Wildman–Crippen MR) is 44.0 cm³/mol. The van der Waals surface area contributed by atoms with Gasteiger partial charge < -0.3 is 0 Å². The number of rotatable bonds is 1. The molecule has 1 aliphatic rings. The number of hydrogen-bond donors (Lipinski definition) is 0. The molecule has 0 radical (unpaired) electrons. The van der Waals surface area contributed by atoms with Crippen LogP contribution in [0.1, 0.15) is 13.3 Å². The summed E-state index contributed by atoms with van der Waals surface area (Å²) in [5, 5.41) is 0.252. The van der Waals surface area contributed by atoms with E-state index in [1.807, 2.05) is 6.92 Å². The summed E-state index contributed by atoms with van der Waals surface area (Å²) in [6.07, 6.45) is 2.83. The Morgan fingerprint density at radius 1 is 1.78 bits per heavy atom. The summed E-state index contributed by atoms with van der Waals surface area (Å²) in [6, 6.07) is 0. The molecule has 0 aliphatic carbocycles. The van der Waals surface area contributed by atoms with Crippen molar-refractivity contribution in [1.82, 2.24) is 0 Å². The molecule has 1 fully saturated rings. The lowest BCUT2D eigenvalue weighted by atomic mass is 10.2. The van der Waals surface area contributed by atoms with Gasteiger partial charge >= 0.3 is 0 Å². The Hall–Kier alpha value is 0.370. The van der Waals surface area contributed by atoms with E-state index in [0.717, 1.165) is 6.42 Å². The lowest BCUT2D eigenvalue weighted by molar-refractivity contribution is -0.117. The van der Waals surface area contributed by atoms with E-state index in [9.17, 15) is 4.79 Å². The third kappa shape index (κ3) is 1.64. The van der Waals surface area contributed by atoms with Crippen molar-refractivity contribution < 1.29 is 4.79 Å². The second-order valence-corrected chi connectivity index (χ2v) is 5.00. The van der Waals surface area contributed by atoms with E-state index in [4.69, 9.17) is 0 Å². The highest BCUT2D eigenvalue weighted by atomic mass is 32.2. The molecule has 0 N–H and O–H groups in total. The minimum atomic E-state index is 0.252. The zero-order chi connectivity index (χ0) is 6.85. The van der Waals surface area contributed by atoms with Crippen LogP contribution in [0.5, 0.6) is 0 Å². The first-order valence-corrected chi connectivity index (χ1v) is 5.18. The minimum absolute atomic E-state index is 0.252. The topological polar surface area (TPSA) is 17.1 Å². The van der Waals surface area contributed by atoms with Gasteiger partial charge in [-0.25, -0.2) is 0 Å². The largest absolute Gasteiger partial charge is 0.298 e. The van der Waals surface area contributed by atoms with Crippen molar-refractivity contribution in [2.24, 2.45) is 0 Å². The standard InChI is InChI=1S/C6H10OS2/c1-4-5(7)3-6(8-2)9-4/h4,6H,3H2,1-2H3. The van der Waals surface area contributed by atoms with Gasteiger partial charge in [-0.1, -0.05) is 0 Å². The van der Waals surface area contributed by atoms with Gasteiger partial charge in [0.2, 0.25) is 0 Å². The lowest BCUT2D eigenvalue weighted by Crippen LogP contribution is -2.03. The van der Waals surface area contributed by atoms with Crippen molar-refractivity contribution in [3.05, 3.63) is 0 Å². The molecule has 0 aromatic rings. The summed E-state index contributed by atoms with van der Waals surface area (Å²) >= 11 is 3.57. The maximum Gasteiger partial charge on any atom is 0.147 e. The fraction of sp³-hybridized carbons (Fsp3) is 0.833. The quantitative estimate of drug-likeness (QED) is 0.585. The molecule has 2 unspecified atom stereocenters. The highest BCUT2D eigenvalue weighted by Crippen LogP contribution is 2.36. The summed E-state index contributed by atoms with van der Waals surface area (Å²) in [6.45, 7) is 1.99. The molecular weight excluding hydrogens is 152 g/mol. The van der Waals surface area contributed by atoms with Gasteiger partial charge in [0.05, 0.1) is 9.83 Å². The molecule has 52 valence electrons. The SMILES string of the molecule is CSC1CC(=O)C(C)S1. The number of carbonyl (C=O) groups excluding carboxylic acids is 1. The first-order chi connectivity index (χ1) is 4.24. The fourth-order valence-corrected chi connectivity index (χ4v) is 3.06. The molecule has 1 saturated heterocycles. The molecule has 0 bridgehead atoms. The third-order valence-electron chi connectivity index (χ3n) is 1.44. The van der Waals surface area contributed by atoms with E-state index in [2.05, 4.69) is 6.26 Å². The predicted octanol–water partition coefficient (Wildman–Crippen LogP) is 1.77. The van der Waals surface area contributed by atoms with Crippen molar-refractivity contribution in [3.8, 4) is 0 Å². The molecule has 3 heteroatoms. The minimum Gasteiger partial charge on any atom is -0.298 e. The second kappa shape index (κ2) is 2.97. The first-order valence-electron chi connectivity index (χ1n) is 2.95. The molecule has 0 aromatic carbocycles. The maximum absolute atomic E-state index is 10.9. The van der Waals surface area contributed by atoms with Crippen molar-refractivity contribution >= 4 is 29.3 Å². The second-order valence-electron chi connectivity index (χ2n) is 2.11. The molecule has 1 heterocycles. The molecule has 1 nitrogen and oxygen atoms in total. The number of carbonyl (C=O) groups is 1. The van der Waals surface area contributed by atoms with Gasteiger partial charge in [0, 0.05) is 6.42 Å². The summed E-state index contributed by atoms with van der Waals surface area (Å²) in [4.78, 5) is 10.9. The normalized spacial score (nSPS) is 35.6. The van der Waals surface area contributed by atoms with Gasteiger partial charge in [0.25, 0.3) is 0 Å². The van der Waals surface area contributed by atoms with Crippen LogP contribution in [0.3, 0.4) is 0 Å². The van der Waals surface area contributed by atoms with Crippen LogP contribution in [0.25, 0.3) is 0 Å². The van der Waals surface area contributed by atoms with E-state index in [1.54, 1.807) is 23.5 Å². The number of thioether (sulfide) groups is 2. The molecular formula is C6H10OS2. The van der Waals surface area contributed by atoms with Gasteiger partial charge in [-0.2, -0.15) is 11.8 Å². The maximum atomic E-state index is 10.9. The monoisotopic (exact) mass is 162 g/mol. The Bertz CT molecular complexity index is 124. The van der Waals surface area contributed by atoms with Crippen LogP contribution in [0.2, 0.25) is 0 Å². The average molecular weight is 162 g/mol. The van der Waals surface area contributed by atoms with Crippen LogP contribution in [0.4, 0.5) is 0 Å². The van der Waals surface area contributed by atoms with E-state index < -0.39 is 0 Å². The van der Waals surface area contributed by atoms with E-state index >= 15 is 0 Å². The van der Waals surface area contributed by atoms with Gasteiger partial charge in [-0.3, -0.25) is 4.79 Å². The zero-order valence-corrected chi connectivity index (χ0v) is 7.22. The third-order valence-corrected chi connectivity index (χ3v) is 4.18. The fourth-order valence-electron chi connectivity index (χ4n) is 0.821. The Kier molecular flexibility index (Phi) is 2.47. The first kappa shape index (κ1) is 7.48. The molecule has 0 spiro atoms. The van der Waals surface area contributed by atoms with Crippen molar-refractivity contribution in [1.29, 1.82) is 0 Å². The highest BCUT2D eigenvalue weighted by molar-refractivity contribution is 8.17. The zero-order valence-electron chi connectivity index (χ0n) is 5.59. The van der Waals surface area contributed by atoms with Crippen molar-refractivity contribution in [3.63, 3.8) is 0 Å². The Morgan fingerprint density at radius 3 is 2.67 bits per heavy atom. The highest BCUT2D eigenvalue weighted by Gasteiger charge is 2.28. The Labute approximate surface area is 64.0 Å². The number of Topliss-reactive ketones (excluding diaryl/α,β-unsaturated/α-hetero) is 1. The van der Waals surface area contributed by atoms with Gasteiger partial charge in [0.1, 0.15) is 5.78 Å². The molecule has 9 heavy (non-hydrogen) atoms. The average Bonchev–Trinajstić information content (AvgIpc) is 2.13. The van der Waals surface area contributed by atoms with E-state index in [-0.39, 0.29) is 5.25 Å². The molecule has 2 atom stereocenters. The molecule has 0 amide bonds. The smallest absolute Gasteiger partial charge is 0.147 e. The van der Waals surface area contributed by atoms with Crippen LogP contribution in [-0.4, -0.2) is 21.9 Å². The van der Waals surface area contributed by atoms with Gasteiger partial charge in [0.15, 0.2) is 0 Å². The van der Waals surface area contributed by atoms with Crippen molar-refractivity contribution in [2.75, 3.05) is 6.26 Å². The summed E-state index contributed by atoms with van der Waals surface area (Å²) in [7, 11) is 0. The van der Waals surface area contributed by atoms with Crippen LogP contribution in [0.15, 0.2) is 0 Å². The van der Waals surface area contributed by atoms with Crippen LogP contribution in [0, 0.1) is 0 Å². The molecule has 0 aromatic heterocycles. The molecule has 0 saturated carbocycles. The van der Waals surface area contributed by atoms with Crippen LogP contribution < -0.4 is 0 Å². The summed E-state index contributed by atoms with van der Waals surface area (Å²) in [5.74, 6) is 0.416. The lowest BCUT2D eigenvalue weighted by Gasteiger charge is -2.00.